The Kier molecular flexibility index (Phi) is 2.05. The lowest BCUT2D eigenvalue weighted by Gasteiger charge is -2.05. The fraction of sp³-hybridized carbons (Fsp3) is 0.455. The molecular formula is C11H11F3. The third-order valence-electron chi connectivity index (χ3n) is 2.72. The Balaban J connectivity index is 2.10. The number of hydrogen-bond donors (Lipinski definition) is 0. The molecule has 0 aliphatic heterocycles. The molecule has 0 bridgehead atoms. The highest BCUT2D eigenvalue weighted by molar-refractivity contribution is 5.29. The summed E-state index contributed by atoms with van der Waals surface area (Å²) in [6.45, 7) is 1.93. The van der Waals surface area contributed by atoms with Gasteiger partial charge in [0.2, 0.25) is 0 Å². The van der Waals surface area contributed by atoms with Gasteiger partial charge in [0, 0.05) is 0 Å². The maximum atomic E-state index is 12.3. The van der Waals surface area contributed by atoms with Crippen LogP contribution in [0.5, 0.6) is 0 Å². The van der Waals surface area contributed by atoms with Crippen LogP contribution >= 0.6 is 0 Å². The van der Waals surface area contributed by atoms with Crippen LogP contribution in [0.4, 0.5) is 13.2 Å². The molecule has 1 aliphatic rings. The highest BCUT2D eigenvalue weighted by Crippen LogP contribution is 2.55. The van der Waals surface area contributed by atoms with E-state index in [1.165, 1.54) is 0 Å². The van der Waals surface area contributed by atoms with Gasteiger partial charge in [0.1, 0.15) is 0 Å². The largest absolute Gasteiger partial charge is 0.392 e. The molecule has 1 saturated carbocycles. The van der Waals surface area contributed by atoms with Gasteiger partial charge in [-0.15, -0.1) is 0 Å². The molecule has 0 nitrogen and oxygen atoms in total. The van der Waals surface area contributed by atoms with Gasteiger partial charge < -0.3 is 0 Å². The Morgan fingerprint density at radius 2 is 1.71 bits per heavy atom. The van der Waals surface area contributed by atoms with E-state index in [4.69, 9.17) is 0 Å². The number of rotatable bonds is 1. The highest BCUT2D eigenvalue weighted by Gasteiger charge is 2.55. The fourth-order valence-electron chi connectivity index (χ4n) is 1.74. The van der Waals surface area contributed by atoms with Gasteiger partial charge in [-0.05, 0) is 24.8 Å². The predicted molar refractivity (Wildman–Crippen MR) is 48.1 cm³/mol. The van der Waals surface area contributed by atoms with Crippen molar-refractivity contribution < 1.29 is 13.2 Å². The van der Waals surface area contributed by atoms with Crippen LogP contribution in [0.25, 0.3) is 0 Å². The third kappa shape index (κ3) is 1.76. The molecule has 1 aromatic carbocycles. The molecule has 0 radical (unpaired) electrons. The van der Waals surface area contributed by atoms with Crippen molar-refractivity contribution in [3.8, 4) is 0 Å². The van der Waals surface area contributed by atoms with E-state index in [1.807, 2.05) is 19.1 Å². The standard InChI is InChI=1S/C11H11F3/c1-7-2-4-8(5-3-7)9-6-10(9)11(12,13)14/h2-5,9-10H,6H2,1H3/t9-,10?/m0/s1. The number of benzene rings is 1. The Labute approximate surface area is 80.7 Å². The molecule has 0 saturated heterocycles. The van der Waals surface area contributed by atoms with Crippen molar-refractivity contribution >= 4 is 0 Å². The van der Waals surface area contributed by atoms with E-state index in [0.29, 0.717) is 0 Å². The SMILES string of the molecule is Cc1ccc([C@@H]2CC2C(F)(F)F)cc1. The summed E-state index contributed by atoms with van der Waals surface area (Å²) in [4.78, 5) is 0. The second-order valence-electron chi connectivity index (χ2n) is 3.90. The molecule has 0 N–H and O–H groups in total. The van der Waals surface area contributed by atoms with E-state index in [1.54, 1.807) is 12.1 Å². The van der Waals surface area contributed by atoms with E-state index < -0.39 is 12.1 Å². The van der Waals surface area contributed by atoms with Crippen LogP contribution in [0.1, 0.15) is 23.5 Å². The molecule has 1 aromatic rings. The lowest BCUT2D eigenvalue weighted by molar-refractivity contribution is -0.148. The van der Waals surface area contributed by atoms with Gasteiger partial charge in [-0.3, -0.25) is 0 Å². The summed E-state index contributed by atoms with van der Waals surface area (Å²) in [5, 5.41) is 0. The zero-order valence-corrected chi connectivity index (χ0v) is 7.81. The minimum Gasteiger partial charge on any atom is -0.171 e. The molecule has 0 aromatic heterocycles. The smallest absolute Gasteiger partial charge is 0.171 e. The minimum absolute atomic E-state index is 0.257. The van der Waals surface area contributed by atoms with Crippen molar-refractivity contribution in [2.45, 2.75) is 25.4 Å². The van der Waals surface area contributed by atoms with Crippen LogP contribution in [-0.4, -0.2) is 6.18 Å². The molecule has 2 rings (SSSR count). The highest BCUT2D eigenvalue weighted by atomic mass is 19.4. The molecule has 0 spiro atoms. The van der Waals surface area contributed by atoms with Gasteiger partial charge >= 0.3 is 6.18 Å². The monoisotopic (exact) mass is 200 g/mol. The number of alkyl halides is 3. The Morgan fingerprint density at radius 1 is 1.14 bits per heavy atom. The first-order chi connectivity index (χ1) is 6.48. The number of hydrogen-bond acceptors (Lipinski definition) is 0. The van der Waals surface area contributed by atoms with E-state index in [9.17, 15) is 13.2 Å². The van der Waals surface area contributed by atoms with Crippen molar-refractivity contribution in [3.05, 3.63) is 35.4 Å². The summed E-state index contributed by atoms with van der Waals surface area (Å²) < 4.78 is 36.8. The molecule has 76 valence electrons. The van der Waals surface area contributed by atoms with Crippen LogP contribution < -0.4 is 0 Å². The summed E-state index contributed by atoms with van der Waals surface area (Å²) in [6.07, 6.45) is -3.76. The van der Waals surface area contributed by atoms with E-state index in [2.05, 4.69) is 0 Å². The first-order valence-electron chi connectivity index (χ1n) is 4.62. The van der Waals surface area contributed by atoms with Gasteiger partial charge in [-0.1, -0.05) is 29.8 Å². The molecule has 14 heavy (non-hydrogen) atoms. The maximum absolute atomic E-state index is 12.3. The zero-order chi connectivity index (χ0) is 10.3. The van der Waals surface area contributed by atoms with Crippen molar-refractivity contribution in [2.24, 2.45) is 5.92 Å². The second kappa shape index (κ2) is 3.01. The van der Waals surface area contributed by atoms with Gasteiger partial charge in [0.15, 0.2) is 0 Å². The molecule has 3 heteroatoms. The molecule has 0 amide bonds. The molecular weight excluding hydrogens is 189 g/mol. The first-order valence-corrected chi connectivity index (χ1v) is 4.62. The first kappa shape index (κ1) is 9.56. The normalized spacial score (nSPS) is 26.3. The Bertz CT molecular complexity index is 323. The Morgan fingerprint density at radius 3 is 2.14 bits per heavy atom. The molecule has 1 fully saturated rings. The molecule has 2 atom stereocenters. The van der Waals surface area contributed by atoms with E-state index >= 15 is 0 Å². The van der Waals surface area contributed by atoms with Crippen molar-refractivity contribution in [1.29, 1.82) is 0 Å². The topological polar surface area (TPSA) is 0 Å². The average Bonchev–Trinajstić information content (AvgIpc) is 2.83. The number of halogens is 3. The number of aryl methyl sites for hydroxylation is 1. The van der Waals surface area contributed by atoms with Crippen molar-refractivity contribution in [2.75, 3.05) is 0 Å². The van der Waals surface area contributed by atoms with Crippen LogP contribution in [0, 0.1) is 12.8 Å². The quantitative estimate of drug-likeness (QED) is 0.649. The minimum atomic E-state index is -4.02. The van der Waals surface area contributed by atoms with E-state index in [-0.39, 0.29) is 12.3 Å². The van der Waals surface area contributed by atoms with Crippen LogP contribution in [0.3, 0.4) is 0 Å². The molecule has 0 heterocycles. The van der Waals surface area contributed by atoms with Crippen LogP contribution in [0.2, 0.25) is 0 Å². The summed E-state index contributed by atoms with van der Waals surface area (Å²) in [5.41, 5.74) is 1.90. The summed E-state index contributed by atoms with van der Waals surface area (Å²) in [7, 11) is 0. The summed E-state index contributed by atoms with van der Waals surface area (Å²) in [6, 6.07) is 7.32. The van der Waals surface area contributed by atoms with Gasteiger partial charge in [-0.2, -0.15) is 13.2 Å². The van der Waals surface area contributed by atoms with E-state index in [0.717, 1.165) is 11.1 Å². The lowest BCUT2D eigenvalue weighted by Crippen LogP contribution is -2.11. The summed E-state index contributed by atoms with van der Waals surface area (Å²) in [5.74, 6) is -1.40. The van der Waals surface area contributed by atoms with Gasteiger partial charge in [0.25, 0.3) is 0 Å². The second-order valence-corrected chi connectivity index (χ2v) is 3.90. The fourth-order valence-corrected chi connectivity index (χ4v) is 1.74. The predicted octanol–water partition coefficient (Wildman–Crippen LogP) is 3.66. The van der Waals surface area contributed by atoms with Crippen molar-refractivity contribution in [1.82, 2.24) is 0 Å². The van der Waals surface area contributed by atoms with Gasteiger partial charge in [-0.25, -0.2) is 0 Å². The average molecular weight is 200 g/mol. The van der Waals surface area contributed by atoms with Gasteiger partial charge in [0.05, 0.1) is 5.92 Å². The third-order valence-corrected chi connectivity index (χ3v) is 2.72. The molecule has 1 unspecified atom stereocenters. The zero-order valence-electron chi connectivity index (χ0n) is 7.81. The van der Waals surface area contributed by atoms with Crippen LogP contribution in [0.15, 0.2) is 24.3 Å². The molecule has 1 aliphatic carbocycles. The van der Waals surface area contributed by atoms with Crippen LogP contribution in [-0.2, 0) is 0 Å². The van der Waals surface area contributed by atoms with Crippen molar-refractivity contribution in [3.63, 3.8) is 0 Å². The lowest BCUT2D eigenvalue weighted by atomic mass is 10.1. The Hall–Kier alpha value is -0.990. The maximum Gasteiger partial charge on any atom is 0.392 e. The summed E-state index contributed by atoms with van der Waals surface area (Å²) >= 11 is 0.